The van der Waals surface area contributed by atoms with Crippen molar-refractivity contribution in [1.29, 1.82) is 0 Å². The van der Waals surface area contributed by atoms with Gasteiger partial charge in [-0.1, -0.05) is 31.2 Å². The molecule has 0 atom stereocenters. The number of hydrogen-bond donors (Lipinski definition) is 2. The number of aryl methyl sites for hydroxylation is 2. The van der Waals surface area contributed by atoms with Crippen molar-refractivity contribution in [2.24, 2.45) is 0 Å². The van der Waals surface area contributed by atoms with Crippen LogP contribution in [0.5, 0.6) is 0 Å². The highest BCUT2D eigenvalue weighted by Gasteiger charge is 2.12. The summed E-state index contributed by atoms with van der Waals surface area (Å²) in [5.74, 6) is 0.329. The lowest BCUT2D eigenvalue weighted by Gasteiger charge is -2.12. The smallest absolute Gasteiger partial charge is 0.276 e. The lowest BCUT2D eigenvalue weighted by atomic mass is 10.1. The maximum absolute atomic E-state index is 12.5. The fraction of sp³-hybridized carbons (Fsp3) is 0.200. The molecule has 2 heterocycles. The van der Waals surface area contributed by atoms with Crippen LogP contribution in [0.15, 0.2) is 54.7 Å². The molecule has 2 aromatic heterocycles. The van der Waals surface area contributed by atoms with Crippen LogP contribution in [0.25, 0.3) is 0 Å². The number of carbonyl (C=O) groups is 1. The second kappa shape index (κ2) is 8.20. The number of aromatic nitrogens is 3. The van der Waals surface area contributed by atoms with Crippen LogP contribution < -0.4 is 10.6 Å². The Morgan fingerprint density at radius 1 is 1.04 bits per heavy atom. The third-order valence-electron chi connectivity index (χ3n) is 4.05. The Balaban J connectivity index is 1.66. The molecule has 1 aromatic carbocycles. The molecule has 0 aliphatic rings. The normalized spacial score (nSPS) is 10.4. The van der Waals surface area contributed by atoms with E-state index in [1.807, 2.05) is 43.3 Å². The van der Waals surface area contributed by atoms with E-state index in [-0.39, 0.29) is 11.6 Å². The van der Waals surface area contributed by atoms with Crippen molar-refractivity contribution in [3.05, 3.63) is 77.2 Å². The van der Waals surface area contributed by atoms with Gasteiger partial charge in [-0.15, -0.1) is 10.2 Å². The van der Waals surface area contributed by atoms with E-state index in [9.17, 15) is 4.79 Å². The number of benzene rings is 1. The van der Waals surface area contributed by atoms with E-state index in [2.05, 4.69) is 32.7 Å². The topological polar surface area (TPSA) is 79.8 Å². The summed E-state index contributed by atoms with van der Waals surface area (Å²) in [5.41, 5.74) is 4.15. The highest BCUT2D eigenvalue weighted by atomic mass is 16.1. The highest BCUT2D eigenvalue weighted by Crippen LogP contribution is 2.21. The van der Waals surface area contributed by atoms with Crippen LogP contribution in [0.4, 0.5) is 11.5 Å². The second-order valence-electron chi connectivity index (χ2n) is 5.90. The van der Waals surface area contributed by atoms with Crippen molar-refractivity contribution in [2.75, 3.05) is 10.6 Å². The number of nitrogens with zero attached hydrogens (tertiary/aromatic N) is 3. The molecule has 0 saturated carbocycles. The van der Waals surface area contributed by atoms with Crippen LogP contribution in [0.1, 0.15) is 34.2 Å². The third-order valence-corrected chi connectivity index (χ3v) is 4.05. The number of nitrogens with one attached hydrogen (secondary N) is 2. The number of hydrogen-bond acceptors (Lipinski definition) is 5. The molecule has 6 heteroatoms. The molecule has 0 saturated heterocycles. The molecule has 132 valence electrons. The average molecular weight is 347 g/mol. The first-order valence-electron chi connectivity index (χ1n) is 8.54. The van der Waals surface area contributed by atoms with Crippen molar-refractivity contribution in [3.63, 3.8) is 0 Å². The van der Waals surface area contributed by atoms with Gasteiger partial charge in [-0.25, -0.2) is 0 Å². The van der Waals surface area contributed by atoms with Crippen LogP contribution in [0, 0.1) is 6.92 Å². The number of amides is 1. The van der Waals surface area contributed by atoms with E-state index in [1.54, 1.807) is 18.3 Å². The Morgan fingerprint density at radius 3 is 2.62 bits per heavy atom. The molecule has 2 N–H and O–H groups in total. The standard InChI is InChI=1S/C20H21N5O/c1-3-15-8-6-7-14(2)19(15)23-20(26)17-10-11-18(25-24-17)22-13-16-9-4-5-12-21-16/h4-12H,3,13H2,1-2H3,(H,22,25)(H,23,26). The largest absolute Gasteiger partial charge is 0.363 e. The zero-order valence-electron chi connectivity index (χ0n) is 14.9. The number of para-hydroxylation sites is 1. The minimum Gasteiger partial charge on any atom is -0.363 e. The summed E-state index contributed by atoms with van der Waals surface area (Å²) in [4.78, 5) is 16.7. The number of rotatable bonds is 6. The predicted molar refractivity (Wildman–Crippen MR) is 102 cm³/mol. The van der Waals surface area contributed by atoms with E-state index in [1.165, 1.54) is 0 Å². The first kappa shape index (κ1) is 17.5. The van der Waals surface area contributed by atoms with E-state index in [0.29, 0.717) is 12.4 Å². The maximum Gasteiger partial charge on any atom is 0.276 e. The predicted octanol–water partition coefficient (Wildman–Crippen LogP) is 3.61. The molecule has 0 radical (unpaired) electrons. The lowest BCUT2D eigenvalue weighted by Crippen LogP contribution is -2.16. The summed E-state index contributed by atoms with van der Waals surface area (Å²) in [7, 11) is 0. The fourth-order valence-corrected chi connectivity index (χ4v) is 2.61. The minimum absolute atomic E-state index is 0.266. The molecule has 0 spiro atoms. The van der Waals surface area contributed by atoms with Crippen LogP contribution in [-0.2, 0) is 13.0 Å². The van der Waals surface area contributed by atoms with Gasteiger partial charge in [0.15, 0.2) is 5.69 Å². The van der Waals surface area contributed by atoms with E-state index in [0.717, 1.165) is 28.9 Å². The molecule has 3 aromatic rings. The van der Waals surface area contributed by atoms with Gasteiger partial charge in [0.05, 0.1) is 12.2 Å². The summed E-state index contributed by atoms with van der Waals surface area (Å²) in [6.45, 7) is 4.58. The SMILES string of the molecule is CCc1cccc(C)c1NC(=O)c1ccc(NCc2ccccn2)nn1. The van der Waals surface area contributed by atoms with Gasteiger partial charge in [0, 0.05) is 11.9 Å². The van der Waals surface area contributed by atoms with Gasteiger partial charge in [0.2, 0.25) is 0 Å². The minimum atomic E-state index is -0.266. The molecular weight excluding hydrogens is 326 g/mol. The monoisotopic (exact) mass is 347 g/mol. The van der Waals surface area contributed by atoms with Crippen molar-refractivity contribution >= 4 is 17.4 Å². The molecule has 0 aliphatic heterocycles. The van der Waals surface area contributed by atoms with Gasteiger partial charge in [0.1, 0.15) is 5.82 Å². The number of pyridine rings is 1. The molecule has 3 rings (SSSR count). The van der Waals surface area contributed by atoms with Crippen LogP contribution in [0.2, 0.25) is 0 Å². The second-order valence-corrected chi connectivity index (χ2v) is 5.90. The molecular formula is C20H21N5O. The van der Waals surface area contributed by atoms with Crippen molar-refractivity contribution in [3.8, 4) is 0 Å². The Bertz CT molecular complexity index is 878. The summed E-state index contributed by atoms with van der Waals surface area (Å²) in [6.07, 6.45) is 2.59. The Kier molecular flexibility index (Phi) is 5.53. The van der Waals surface area contributed by atoms with Gasteiger partial charge in [0.25, 0.3) is 5.91 Å². The first-order chi connectivity index (χ1) is 12.7. The number of carbonyl (C=O) groups excluding carboxylic acids is 1. The van der Waals surface area contributed by atoms with Gasteiger partial charge < -0.3 is 10.6 Å². The van der Waals surface area contributed by atoms with Gasteiger partial charge in [-0.05, 0) is 48.7 Å². The summed E-state index contributed by atoms with van der Waals surface area (Å²) in [5, 5.41) is 14.2. The van der Waals surface area contributed by atoms with Gasteiger partial charge in [-0.2, -0.15) is 0 Å². The summed E-state index contributed by atoms with van der Waals surface area (Å²) < 4.78 is 0. The van der Waals surface area contributed by atoms with Crippen molar-refractivity contribution in [1.82, 2.24) is 15.2 Å². The van der Waals surface area contributed by atoms with Gasteiger partial charge in [-0.3, -0.25) is 9.78 Å². The third kappa shape index (κ3) is 4.22. The Morgan fingerprint density at radius 2 is 1.92 bits per heavy atom. The molecule has 0 unspecified atom stereocenters. The molecule has 0 aliphatic carbocycles. The summed E-state index contributed by atoms with van der Waals surface area (Å²) >= 11 is 0. The number of anilines is 2. The zero-order valence-corrected chi connectivity index (χ0v) is 14.9. The van der Waals surface area contributed by atoms with E-state index >= 15 is 0 Å². The molecule has 6 nitrogen and oxygen atoms in total. The van der Waals surface area contributed by atoms with Crippen LogP contribution in [0.3, 0.4) is 0 Å². The molecule has 0 fully saturated rings. The quantitative estimate of drug-likeness (QED) is 0.712. The summed E-state index contributed by atoms with van der Waals surface area (Å²) in [6, 6.07) is 15.1. The molecule has 1 amide bonds. The van der Waals surface area contributed by atoms with E-state index in [4.69, 9.17) is 0 Å². The first-order valence-corrected chi connectivity index (χ1v) is 8.54. The maximum atomic E-state index is 12.5. The lowest BCUT2D eigenvalue weighted by molar-refractivity contribution is 0.102. The zero-order chi connectivity index (χ0) is 18.4. The van der Waals surface area contributed by atoms with Crippen molar-refractivity contribution < 1.29 is 4.79 Å². The fourth-order valence-electron chi connectivity index (χ4n) is 2.61. The van der Waals surface area contributed by atoms with Gasteiger partial charge >= 0.3 is 0 Å². The Labute approximate surface area is 152 Å². The molecule has 26 heavy (non-hydrogen) atoms. The highest BCUT2D eigenvalue weighted by molar-refractivity contribution is 6.03. The molecule has 0 bridgehead atoms. The van der Waals surface area contributed by atoms with Crippen LogP contribution >= 0.6 is 0 Å². The van der Waals surface area contributed by atoms with Crippen molar-refractivity contribution in [2.45, 2.75) is 26.8 Å². The van der Waals surface area contributed by atoms with Crippen LogP contribution in [-0.4, -0.2) is 21.1 Å². The average Bonchev–Trinajstić information content (AvgIpc) is 2.69. The van der Waals surface area contributed by atoms with E-state index < -0.39 is 0 Å². The Hall–Kier alpha value is -3.28.